The van der Waals surface area contributed by atoms with Crippen LogP contribution in [0.1, 0.15) is 27.0 Å². The van der Waals surface area contributed by atoms with E-state index in [1.807, 2.05) is 43.3 Å². The van der Waals surface area contributed by atoms with Crippen molar-refractivity contribution in [1.82, 2.24) is 9.80 Å². The number of nitrogens with zero attached hydrogens (tertiary/aromatic N) is 2. The van der Waals surface area contributed by atoms with Gasteiger partial charge >= 0.3 is 0 Å². The first-order chi connectivity index (χ1) is 17.9. The summed E-state index contributed by atoms with van der Waals surface area (Å²) in [6.07, 6.45) is 2.85. The fourth-order valence-corrected chi connectivity index (χ4v) is 4.08. The highest BCUT2D eigenvalue weighted by Gasteiger charge is 2.24. The summed E-state index contributed by atoms with van der Waals surface area (Å²) >= 11 is 0. The quantitative estimate of drug-likeness (QED) is 0.301. The van der Waals surface area contributed by atoms with Crippen molar-refractivity contribution in [1.29, 1.82) is 0 Å². The summed E-state index contributed by atoms with van der Waals surface area (Å²) < 4.78 is 20.0. The van der Waals surface area contributed by atoms with Gasteiger partial charge in [0.05, 0.1) is 29.3 Å². The first kappa shape index (κ1) is 25.6. The minimum absolute atomic E-state index is 0.0181. The first-order valence-electron chi connectivity index (χ1n) is 11.8. The molecule has 1 heterocycles. The van der Waals surface area contributed by atoms with E-state index in [0.29, 0.717) is 16.5 Å². The van der Waals surface area contributed by atoms with E-state index in [0.717, 1.165) is 11.1 Å². The lowest BCUT2D eigenvalue weighted by atomic mass is 10.1. The summed E-state index contributed by atoms with van der Waals surface area (Å²) in [5.74, 6) is -1.69. The minimum Gasteiger partial charge on any atom is -0.464 e. The fourth-order valence-electron chi connectivity index (χ4n) is 4.08. The number of carbonyl (C=O) groups is 2. The van der Waals surface area contributed by atoms with Crippen LogP contribution in [0.3, 0.4) is 0 Å². The Hall–Kier alpha value is -4.52. The van der Waals surface area contributed by atoms with E-state index in [9.17, 15) is 18.8 Å². The smallest absolute Gasteiger partial charge is 0.257 e. The number of carbonyl (C=O) groups excluding carboxylic acids is 2. The third kappa shape index (κ3) is 6.01. The highest BCUT2D eigenvalue weighted by molar-refractivity contribution is 5.96. The molecule has 0 atom stereocenters. The van der Waals surface area contributed by atoms with Crippen LogP contribution in [0.15, 0.2) is 101 Å². The number of halogens is 1. The normalized spacial score (nSPS) is 10.8. The van der Waals surface area contributed by atoms with E-state index in [2.05, 4.69) is 6.58 Å². The average Bonchev–Trinajstić information content (AvgIpc) is 2.90. The molecule has 2 amide bonds. The maximum absolute atomic E-state index is 14.3. The van der Waals surface area contributed by atoms with Gasteiger partial charge in [-0.2, -0.15) is 0 Å². The van der Waals surface area contributed by atoms with Gasteiger partial charge in [-0.05, 0) is 36.8 Å². The van der Waals surface area contributed by atoms with Gasteiger partial charge in [-0.15, -0.1) is 6.58 Å². The van der Waals surface area contributed by atoms with Crippen molar-refractivity contribution in [2.75, 3.05) is 13.1 Å². The maximum atomic E-state index is 14.3. The molecule has 0 bridgehead atoms. The lowest BCUT2D eigenvalue weighted by molar-refractivity contribution is -0.133. The van der Waals surface area contributed by atoms with Crippen molar-refractivity contribution >= 4 is 22.8 Å². The molecule has 4 rings (SSSR count). The molecule has 0 saturated carbocycles. The largest absolute Gasteiger partial charge is 0.464 e. The predicted molar refractivity (Wildman–Crippen MR) is 140 cm³/mol. The number of aryl methyl sites for hydroxylation is 1. The van der Waals surface area contributed by atoms with Crippen LogP contribution in [0.2, 0.25) is 0 Å². The van der Waals surface area contributed by atoms with Crippen LogP contribution in [0.4, 0.5) is 4.39 Å². The molecule has 4 aromatic rings. The van der Waals surface area contributed by atoms with Gasteiger partial charge in [0.2, 0.25) is 5.91 Å². The highest BCUT2D eigenvalue weighted by Crippen LogP contribution is 2.17. The lowest BCUT2D eigenvalue weighted by Crippen LogP contribution is -2.43. The number of amides is 2. The zero-order chi connectivity index (χ0) is 26.4. The summed E-state index contributed by atoms with van der Waals surface area (Å²) in [6, 6.07) is 20.3. The SMILES string of the molecule is C=CCN(CC(=O)N(Cc1ccccc1)Cc1coc2ccc(C)cc2c1=O)C(=O)c1ccccc1F. The standard InChI is InChI=1S/C30H27FN2O4/c1-3-15-32(30(36)24-11-7-8-12-26(24)31)19-28(34)33(17-22-9-5-4-6-10-22)18-23-20-37-27-14-13-21(2)16-25(27)29(23)35/h3-14,16,20H,1,15,17-19H2,2H3. The van der Waals surface area contributed by atoms with Gasteiger partial charge in [-0.1, -0.05) is 60.2 Å². The van der Waals surface area contributed by atoms with Crippen LogP contribution in [-0.4, -0.2) is 34.7 Å². The summed E-state index contributed by atoms with van der Waals surface area (Å²) in [5.41, 5.74) is 2.21. The van der Waals surface area contributed by atoms with Crippen LogP contribution < -0.4 is 5.43 Å². The molecular weight excluding hydrogens is 471 g/mol. The molecule has 0 aliphatic heterocycles. The summed E-state index contributed by atoms with van der Waals surface area (Å²) in [6.45, 7) is 5.48. The molecule has 188 valence electrons. The molecule has 0 unspecified atom stereocenters. The van der Waals surface area contributed by atoms with Crippen molar-refractivity contribution in [3.05, 3.63) is 130 Å². The van der Waals surface area contributed by atoms with Gasteiger partial charge in [-0.3, -0.25) is 14.4 Å². The monoisotopic (exact) mass is 498 g/mol. The second-order valence-electron chi connectivity index (χ2n) is 8.78. The Kier molecular flexibility index (Phi) is 7.93. The predicted octanol–water partition coefficient (Wildman–Crippen LogP) is 5.10. The van der Waals surface area contributed by atoms with Crippen LogP contribution in [0, 0.1) is 12.7 Å². The van der Waals surface area contributed by atoms with Gasteiger partial charge in [0.25, 0.3) is 5.91 Å². The highest BCUT2D eigenvalue weighted by atomic mass is 19.1. The second-order valence-corrected chi connectivity index (χ2v) is 8.78. The molecule has 1 aromatic heterocycles. The maximum Gasteiger partial charge on any atom is 0.257 e. The topological polar surface area (TPSA) is 70.8 Å². The molecule has 0 radical (unpaired) electrons. The molecule has 0 aliphatic rings. The van der Waals surface area contributed by atoms with Gasteiger partial charge < -0.3 is 14.2 Å². The Labute approximate surface area is 214 Å². The van der Waals surface area contributed by atoms with Crippen molar-refractivity contribution in [2.45, 2.75) is 20.0 Å². The number of hydrogen-bond donors (Lipinski definition) is 0. The van der Waals surface area contributed by atoms with E-state index < -0.39 is 17.6 Å². The summed E-state index contributed by atoms with van der Waals surface area (Å²) in [7, 11) is 0. The van der Waals surface area contributed by atoms with Crippen LogP contribution in [-0.2, 0) is 17.9 Å². The van der Waals surface area contributed by atoms with E-state index in [-0.39, 0.29) is 37.2 Å². The Morgan fingerprint density at radius 2 is 1.70 bits per heavy atom. The van der Waals surface area contributed by atoms with Crippen molar-refractivity contribution in [3.8, 4) is 0 Å². The second kappa shape index (κ2) is 11.5. The summed E-state index contributed by atoms with van der Waals surface area (Å²) in [5, 5.41) is 0.438. The number of rotatable bonds is 9. The molecule has 0 aliphatic carbocycles. The number of benzene rings is 3. The van der Waals surface area contributed by atoms with E-state index in [1.165, 1.54) is 40.3 Å². The zero-order valence-electron chi connectivity index (χ0n) is 20.5. The minimum atomic E-state index is -0.667. The zero-order valence-corrected chi connectivity index (χ0v) is 20.5. The van der Waals surface area contributed by atoms with Gasteiger partial charge in [0.15, 0.2) is 5.43 Å². The number of hydrogen-bond acceptors (Lipinski definition) is 4. The van der Waals surface area contributed by atoms with Crippen LogP contribution >= 0.6 is 0 Å². The average molecular weight is 499 g/mol. The molecule has 0 spiro atoms. The van der Waals surface area contributed by atoms with Gasteiger partial charge in [-0.25, -0.2) is 4.39 Å². The Balaban J connectivity index is 1.64. The van der Waals surface area contributed by atoms with E-state index in [1.54, 1.807) is 18.2 Å². The first-order valence-corrected chi connectivity index (χ1v) is 11.8. The van der Waals surface area contributed by atoms with Crippen LogP contribution in [0.25, 0.3) is 11.0 Å². The van der Waals surface area contributed by atoms with Crippen molar-refractivity contribution in [2.24, 2.45) is 0 Å². The summed E-state index contributed by atoms with van der Waals surface area (Å²) in [4.78, 5) is 42.6. The van der Waals surface area contributed by atoms with Gasteiger partial charge in [0.1, 0.15) is 17.9 Å². The molecule has 3 aromatic carbocycles. The van der Waals surface area contributed by atoms with Crippen molar-refractivity contribution < 1.29 is 18.4 Å². The molecule has 0 fully saturated rings. The molecule has 37 heavy (non-hydrogen) atoms. The molecule has 0 N–H and O–H groups in total. The van der Waals surface area contributed by atoms with Crippen LogP contribution in [0.5, 0.6) is 0 Å². The third-order valence-electron chi connectivity index (χ3n) is 6.00. The lowest BCUT2D eigenvalue weighted by Gasteiger charge is -2.27. The Bertz CT molecular complexity index is 1500. The van der Waals surface area contributed by atoms with E-state index in [4.69, 9.17) is 4.42 Å². The van der Waals surface area contributed by atoms with Crippen molar-refractivity contribution in [3.63, 3.8) is 0 Å². The molecule has 0 saturated heterocycles. The Morgan fingerprint density at radius 1 is 0.973 bits per heavy atom. The van der Waals surface area contributed by atoms with E-state index >= 15 is 0 Å². The Morgan fingerprint density at radius 3 is 2.43 bits per heavy atom. The molecule has 6 nitrogen and oxygen atoms in total. The third-order valence-corrected chi connectivity index (χ3v) is 6.00. The van der Waals surface area contributed by atoms with Gasteiger partial charge in [0, 0.05) is 13.1 Å². The molecule has 7 heteroatoms. The fraction of sp³-hybridized carbons (Fsp3) is 0.167. The number of fused-ring (bicyclic) bond motifs is 1. The molecular formula is C30H27FN2O4.